The molecule has 1 aromatic carbocycles. The quantitative estimate of drug-likeness (QED) is 0.345. The molecule has 5 saturated carbocycles. The van der Waals surface area contributed by atoms with Crippen molar-refractivity contribution < 1.29 is 19.7 Å². The van der Waals surface area contributed by atoms with Crippen LogP contribution in [0.25, 0.3) is 0 Å². The first-order valence-corrected chi connectivity index (χ1v) is 17.8. The largest absolute Gasteiger partial charge is 0.393 e. The van der Waals surface area contributed by atoms with E-state index < -0.39 is 6.10 Å². The summed E-state index contributed by atoms with van der Waals surface area (Å²) in [5.74, 6) is 1.81. The minimum Gasteiger partial charge on any atom is -0.393 e. The zero-order chi connectivity index (χ0) is 31.4. The molecule has 0 aromatic heterocycles. The lowest BCUT2D eigenvalue weighted by Gasteiger charge is -2.63. The van der Waals surface area contributed by atoms with Crippen molar-refractivity contribution in [2.45, 2.75) is 137 Å². The van der Waals surface area contributed by atoms with Gasteiger partial charge in [-0.05, 0) is 116 Å². The summed E-state index contributed by atoms with van der Waals surface area (Å²) in [6, 6.07) is 10.2. The molecule has 0 bridgehead atoms. The maximum atomic E-state index is 13.4. The van der Waals surface area contributed by atoms with Crippen molar-refractivity contribution in [3.63, 3.8) is 0 Å². The normalized spacial score (nSPS) is 48.3. The van der Waals surface area contributed by atoms with Gasteiger partial charge in [-0.2, -0.15) is 0 Å². The first-order valence-electron chi connectivity index (χ1n) is 17.8. The summed E-state index contributed by atoms with van der Waals surface area (Å²) in [5.41, 5.74) is 1.55. The number of urea groups is 1. The molecule has 2 spiro atoms. The Kier molecular flexibility index (Phi) is 7.17. The summed E-state index contributed by atoms with van der Waals surface area (Å²) < 4.78 is 7.01. The Labute approximate surface area is 265 Å². The summed E-state index contributed by atoms with van der Waals surface area (Å²) in [7, 11) is 0. The second-order valence-corrected chi connectivity index (χ2v) is 17.6. The maximum absolute atomic E-state index is 13.4. The van der Waals surface area contributed by atoms with Crippen molar-refractivity contribution in [1.29, 1.82) is 0 Å². The molecule has 6 aliphatic rings. The summed E-state index contributed by atoms with van der Waals surface area (Å²) in [4.78, 5) is 15.3. The highest BCUT2D eigenvalue weighted by Gasteiger charge is 2.84. The van der Waals surface area contributed by atoms with Crippen molar-refractivity contribution in [1.82, 2.24) is 10.2 Å². The van der Waals surface area contributed by atoms with Crippen LogP contribution < -0.4 is 5.32 Å². The van der Waals surface area contributed by atoms with Crippen LogP contribution in [0.2, 0.25) is 0 Å². The van der Waals surface area contributed by atoms with Crippen molar-refractivity contribution >= 4 is 6.03 Å². The van der Waals surface area contributed by atoms with Crippen LogP contribution in [0.1, 0.15) is 105 Å². The van der Waals surface area contributed by atoms with Gasteiger partial charge in [-0.1, -0.05) is 65.0 Å². The van der Waals surface area contributed by atoms with E-state index in [0.29, 0.717) is 47.6 Å². The summed E-state index contributed by atoms with van der Waals surface area (Å²) in [5, 5.41) is 26.7. The van der Waals surface area contributed by atoms with Crippen molar-refractivity contribution in [3.8, 4) is 0 Å². The molecule has 6 fully saturated rings. The molecule has 5 aliphatic carbocycles. The molecule has 1 saturated heterocycles. The molecular formula is C38H58N2O4. The van der Waals surface area contributed by atoms with Crippen molar-refractivity contribution in [2.75, 3.05) is 6.54 Å². The third kappa shape index (κ3) is 4.05. The van der Waals surface area contributed by atoms with Crippen LogP contribution in [0, 0.1) is 50.7 Å². The number of amides is 2. The predicted octanol–water partition coefficient (Wildman–Crippen LogP) is 6.78. The number of ether oxygens (including phenoxy) is 1. The fraction of sp³-hybridized carbons (Fsp3) is 0.816. The first kappa shape index (κ1) is 31.0. The lowest BCUT2D eigenvalue weighted by Crippen LogP contribution is -2.59. The average Bonchev–Trinajstić information content (AvgIpc) is 3.60. The number of rotatable bonds is 5. The Morgan fingerprint density at radius 1 is 1.00 bits per heavy atom. The monoisotopic (exact) mass is 606 g/mol. The molecular weight excluding hydrogens is 548 g/mol. The van der Waals surface area contributed by atoms with Gasteiger partial charge in [0.15, 0.2) is 0 Å². The van der Waals surface area contributed by atoms with E-state index in [0.717, 1.165) is 37.7 Å². The SMILES string of the molecule is CC(C)NC(=O)N(Cc1ccccc1)CC1C[C@@H](C)[C@H]2C(O1)[C@H](O)[C@@]1(C)C3CC[C@H]4C(C)(C)C(O)CC[C@@]45C[C@@]35CC[C@]21C. The lowest BCUT2D eigenvalue weighted by atomic mass is 9.41. The molecule has 1 aromatic rings. The van der Waals surface area contributed by atoms with E-state index in [1.54, 1.807) is 0 Å². The fourth-order valence-corrected chi connectivity index (χ4v) is 13.1. The van der Waals surface area contributed by atoms with Gasteiger partial charge in [-0.3, -0.25) is 0 Å². The number of hydrogen-bond donors (Lipinski definition) is 3. The highest BCUT2D eigenvalue weighted by Crippen LogP contribution is 2.89. The molecule has 0 radical (unpaired) electrons. The fourth-order valence-electron chi connectivity index (χ4n) is 13.1. The minimum atomic E-state index is -0.506. The summed E-state index contributed by atoms with van der Waals surface area (Å²) in [6.07, 6.45) is 8.01. The molecule has 1 aliphatic heterocycles. The highest BCUT2D eigenvalue weighted by molar-refractivity contribution is 5.74. The number of nitrogens with one attached hydrogen (secondary N) is 1. The van der Waals surface area contributed by atoms with E-state index in [2.05, 4.69) is 52.1 Å². The molecule has 12 atom stereocenters. The van der Waals surface area contributed by atoms with Crippen LogP contribution in [-0.2, 0) is 11.3 Å². The number of hydrogen-bond acceptors (Lipinski definition) is 4. The summed E-state index contributed by atoms with van der Waals surface area (Å²) >= 11 is 0. The number of nitrogens with zero attached hydrogens (tertiary/aromatic N) is 1. The molecule has 1 heterocycles. The van der Waals surface area contributed by atoms with E-state index in [4.69, 9.17) is 4.74 Å². The van der Waals surface area contributed by atoms with E-state index in [-0.39, 0.29) is 46.6 Å². The first-order chi connectivity index (χ1) is 20.7. The van der Waals surface area contributed by atoms with Gasteiger partial charge < -0.3 is 25.2 Å². The highest BCUT2D eigenvalue weighted by atomic mass is 16.5. The van der Waals surface area contributed by atoms with Gasteiger partial charge in [-0.15, -0.1) is 0 Å². The van der Waals surface area contributed by atoms with E-state index in [1.807, 2.05) is 36.9 Å². The Balaban J connectivity index is 1.15. The second-order valence-electron chi connectivity index (χ2n) is 17.6. The molecule has 44 heavy (non-hydrogen) atoms. The number of aliphatic hydroxyl groups excluding tert-OH is 2. The van der Waals surface area contributed by atoms with Gasteiger partial charge in [0.1, 0.15) is 0 Å². The van der Waals surface area contributed by atoms with Gasteiger partial charge >= 0.3 is 6.03 Å². The van der Waals surface area contributed by atoms with Gasteiger partial charge in [0.05, 0.1) is 24.4 Å². The van der Waals surface area contributed by atoms with E-state index >= 15 is 0 Å². The lowest BCUT2D eigenvalue weighted by molar-refractivity contribution is -0.182. The molecule has 6 nitrogen and oxygen atoms in total. The number of carbonyl (C=O) groups excluding carboxylic acids is 1. The maximum Gasteiger partial charge on any atom is 0.317 e. The van der Waals surface area contributed by atoms with Gasteiger partial charge in [0.25, 0.3) is 0 Å². The van der Waals surface area contributed by atoms with Crippen LogP contribution >= 0.6 is 0 Å². The molecule has 6 heteroatoms. The topological polar surface area (TPSA) is 82.0 Å². The molecule has 244 valence electrons. The molecule has 2 amide bonds. The third-order valence-corrected chi connectivity index (χ3v) is 15.2. The average molecular weight is 607 g/mol. The Bertz CT molecular complexity index is 1270. The van der Waals surface area contributed by atoms with Crippen molar-refractivity contribution in [2.24, 2.45) is 50.7 Å². The Morgan fingerprint density at radius 2 is 1.68 bits per heavy atom. The molecule has 3 N–H and O–H groups in total. The molecule has 4 unspecified atom stereocenters. The number of benzene rings is 1. The smallest absolute Gasteiger partial charge is 0.317 e. The zero-order valence-corrected chi connectivity index (χ0v) is 28.3. The Morgan fingerprint density at radius 3 is 2.39 bits per heavy atom. The number of fused-ring (bicyclic) bond motifs is 4. The van der Waals surface area contributed by atoms with Crippen molar-refractivity contribution in [3.05, 3.63) is 35.9 Å². The summed E-state index contributed by atoms with van der Waals surface area (Å²) in [6.45, 7) is 17.0. The van der Waals surface area contributed by atoms with Gasteiger partial charge in [-0.25, -0.2) is 4.79 Å². The Hall–Kier alpha value is -1.63. The van der Waals surface area contributed by atoms with E-state index in [1.165, 1.54) is 19.3 Å². The van der Waals surface area contributed by atoms with Crippen LogP contribution in [0.4, 0.5) is 4.79 Å². The zero-order valence-electron chi connectivity index (χ0n) is 28.3. The van der Waals surface area contributed by atoms with Crippen LogP contribution in [0.3, 0.4) is 0 Å². The second kappa shape index (κ2) is 10.2. The number of aliphatic hydroxyl groups is 2. The number of carbonyl (C=O) groups is 1. The predicted molar refractivity (Wildman–Crippen MR) is 173 cm³/mol. The third-order valence-electron chi connectivity index (χ3n) is 15.2. The molecule has 7 rings (SSSR count). The van der Waals surface area contributed by atoms with Gasteiger partial charge in [0, 0.05) is 24.5 Å². The van der Waals surface area contributed by atoms with E-state index in [9.17, 15) is 15.0 Å². The van der Waals surface area contributed by atoms with Gasteiger partial charge in [0.2, 0.25) is 0 Å². The van der Waals surface area contributed by atoms with Crippen LogP contribution in [-0.4, -0.2) is 58.1 Å². The minimum absolute atomic E-state index is 0.0243. The van der Waals surface area contributed by atoms with Crippen LogP contribution in [0.5, 0.6) is 0 Å². The standard InChI is InChI=1S/C38H58N2O4/c1-23(2)39-33(43)40(20-25-11-9-8-10-12-25)21-26-19-24(3)30-31(44-26)32(42)36(7)28-14-13-27-34(4,5)29(41)15-16-37(27)22-38(28,37)18-17-35(30,36)6/h8-12,23-24,26-32,41-42H,13-22H2,1-7H3,(H,39,43)/t24-,26?,27+,28?,29?,30+,31?,32+,35-,36-,37-,38+/m1/s1. The van der Waals surface area contributed by atoms with Crippen LogP contribution in [0.15, 0.2) is 30.3 Å².